The summed E-state index contributed by atoms with van der Waals surface area (Å²) in [4.78, 5) is 3.84. The Kier molecular flexibility index (Phi) is 3.40. The summed E-state index contributed by atoms with van der Waals surface area (Å²) in [6.45, 7) is -0.210. The van der Waals surface area contributed by atoms with Crippen molar-refractivity contribution < 1.29 is 18.3 Å². The molecule has 0 spiro atoms. The molecular formula is C11H9F3N4O. The van der Waals surface area contributed by atoms with Crippen molar-refractivity contribution in [2.45, 2.75) is 19.0 Å². The minimum Gasteiger partial charge on any atom is -0.396 e. The molecule has 0 radical (unpaired) electrons. The summed E-state index contributed by atoms with van der Waals surface area (Å²) < 4.78 is 39.9. The minimum atomic E-state index is -4.61. The fraction of sp³-hybridized carbons (Fsp3) is 0.364. The topological polar surface area (TPSA) is 74.2 Å². The zero-order chi connectivity index (χ0) is 14.0. The molecule has 0 bridgehead atoms. The molecule has 0 aromatic carbocycles. The molecule has 2 heterocycles. The maximum absolute atomic E-state index is 13.1. The molecule has 2 aromatic rings. The van der Waals surface area contributed by atoms with Crippen molar-refractivity contribution in [3.8, 4) is 6.07 Å². The van der Waals surface area contributed by atoms with E-state index in [0.29, 0.717) is 4.52 Å². The molecule has 0 amide bonds. The van der Waals surface area contributed by atoms with Gasteiger partial charge in [-0.1, -0.05) is 0 Å². The van der Waals surface area contributed by atoms with E-state index in [1.165, 1.54) is 0 Å². The molecule has 8 heteroatoms. The molecule has 0 fully saturated rings. The zero-order valence-electron chi connectivity index (χ0n) is 9.65. The molecular weight excluding hydrogens is 261 g/mol. The SMILES string of the molecule is N#Cc1cnn2c(C(F)(F)F)c(CCCO)cnc12. The summed E-state index contributed by atoms with van der Waals surface area (Å²) in [7, 11) is 0. The van der Waals surface area contributed by atoms with Gasteiger partial charge in [-0.05, 0) is 12.8 Å². The summed E-state index contributed by atoms with van der Waals surface area (Å²) in [5.74, 6) is 0. The molecule has 0 aliphatic heterocycles. The average Bonchev–Trinajstić information content (AvgIpc) is 2.76. The average molecular weight is 270 g/mol. The van der Waals surface area contributed by atoms with E-state index in [4.69, 9.17) is 10.4 Å². The van der Waals surface area contributed by atoms with Crippen LogP contribution in [0.25, 0.3) is 5.65 Å². The number of hydrogen-bond acceptors (Lipinski definition) is 4. The van der Waals surface area contributed by atoms with Crippen molar-refractivity contribution in [1.29, 1.82) is 5.26 Å². The lowest BCUT2D eigenvalue weighted by molar-refractivity contribution is -0.143. The number of halogens is 3. The molecule has 5 nitrogen and oxygen atoms in total. The molecule has 1 N–H and O–H groups in total. The van der Waals surface area contributed by atoms with E-state index in [9.17, 15) is 13.2 Å². The first-order chi connectivity index (χ1) is 8.99. The van der Waals surface area contributed by atoms with Crippen molar-refractivity contribution in [1.82, 2.24) is 14.6 Å². The third-order valence-electron chi connectivity index (χ3n) is 2.60. The Balaban J connectivity index is 2.68. The number of rotatable bonds is 3. The fourth-order valence-electron chi connectivity index (χ4n) is 1.80. The van der Waals surface area contributed by atoms with Gasteiger partial charge in [-0.2, -0.15) is 23.5 Å². The van der Waals surface area contributed by atoms with E-state index in [2.05, 4.69) is 10.1 Å². The second-order valence-electron chi connectivity index (χ2n) is 3.86. The van der Waals surface area contributed by atoms with Crippen molar-refractivity contribution in [3.63, 3.8) is 0 Å². The second kappa shape index (κ2) is 4.85. The van der Waals surface area contributed by atoms with Crippen molar-refractivity contribution >= 4 is 5.65 Å². The summed E-state index contributed by atoms with van der Waals surface area (Å²) in [5, 5.41) is 21.1. The van der Waals surface area contributed by atoms with Gasteiger partial charge in [0.2, 0.25) is 0 Å². The van der Waals surface area contributed by atoms with Crippen LogP contribution >= 0.6 is 0 Å². The van der Waals surface area contributed by atoms with E-state index < -0.39 is 11.9 Å². The Morgan fingerprint density at radius 2 is 2.11 bits per heavy atom. The monoisotopic (exact) mass is 270 g/mol. The van der Waals surface area contributed by atoms with Crippen molar-refractivity contribution in [2.75, 3.05) is 6.61 Å². The zero-order valence-corrected chi connectivity index (χ0v) is 9.65. The van der Waals surface area contributed by atoms with Crippen LogP contribution in [0.5, 0.6) is 0 Å². The Morgan fingerprint density at radius 3 is 2.68 bits per heavy atom. The predicted molar refractivity (Wildman–Crippen MR) is 58.1 cm³/mol. The Bertz CT molecular complexity index is 642. The highest BCUT2D eigenvalue weighted by Crippen LogP contribution is 2.32. The van der Waals surface area contributed by atoms with Gasteiger partial charge in [0.25, 0.3) is 0 Å². The van der Waals surface area contributed by atoms with Gasteiger partial charge < -0.3 is 5.11 Å². The van der Waals surface area contributed by atoms with Crippen LogP contribution in [0.3, 0.4) is 0 Å². The van der Waals surface area contributed by atoms with Crippen LogP contribution in [0.2, 0.25) is 0 Å². The number of alkyl halides is 3. The number of aryl methyl sites for hydroxylation is 1. The third-order valence-corrected chi connectivity index (χ3v) is 2.60. The normalized spacial score (nSPS) is 11.7. The number of aromatic nitrogens is 3. The van der Waals surface area contributed by atoms with Crippen LogP contribution in [0.1, 0.15) is 23.2 Å². The summed E-state index contributed by atoms with van der Waals surface area (Å²) >= 11 is 0. The molecule has 0 aliphatic carbocycles. The first-order valence-corrected chi connectivity index (χ1v) is 5.42. The number of nitrogens with zero attached hydrogens (tertiary/aromatic N) is 4. The lowest BCUT2D eigenvalue weighted by atomic mass is 10.1. The second-order valence-corrected chi connectivity index (χ2v) is 3.86. The quantitative estimate of drug-likeness (QED) is 0.918. The van der Waals surface area contributed by atoms with Gasteiger partial charge in [0.1, 0.15) is 11.6 Å². The maximum Gasteiger partial charge on any atom is 0.433 e. The lowest BCUT2D eigenvalue weighted by Crippen LogP contribution is -2.17. The first kappa shape index (κ1) is 13.3. The Labute approximate surface area is 105 Å². The molecule has 0 unspecified atom stereocenters. The molecule has 0 aliphatic rings. The smallest absolute Gasteiger partial charge is 0.396 e. The Hall–Kier alpha value is -2.14. The number of fused-ring (bicyclic) bond motifs is 1. The van der Waals surface area contributed by atoms with Gasteiger partial charge in [0.05, 0.1) is 6.20 Å². The summed E-state index contributed by atoms with van der Waals surface area (Å²) in [6, 6.07) is 1.74. The highest BCUT2D eigenvalue weighted by Gasteiger charge is 2.37. The molecule has 19 heavy (non-hydrogen) atoms. The molecule has 2 rings (SSSR count). The van der Waals surface area contributed by atoms with E-state index in [-0.39, 0.29) is 36.2 Å². The van der Waals surface area contributed by atoms with Crippen LogP contribution in [0, 0.1) is 11.3 Å². The fourth-order valence-corrected chi connectivity index (χ4v) is 1.80. The highest BCUT2D eigenvalue weighted by molar-refractivity contribution is 5.55. The van der Waals surface area contributed by atoms with Gasteiger partial charge in [0.15, 0.2) is 11.3 Å². The number of aliphatic hydroxyl groups excluding tert-OH is 1. The Morgan fingerprint density at radius 1 is 1.37 bits per heavy atom. The number of nitriles is 1. The molecule has 0 saturated carbocycles. The molecule has 0 saturated heterocycles. The van der Waals surface area contributed by atoms with Crippen LogP contribution in [0.15, 0.2) is 12.4 Å². The first-order valence-electron chi connectivity index (χ1n) is 5.42. The van der Waals surface area contributed by atoms with Crippen LogP contribution in [-0.2, 0) is 12.6 Å². The summed E-state index contributed by atoms with van der Waals surface area (Å²) in [6.07, 6.45) is -2.24. The van der Waals surface area contributed by atoms with Crippen molar-refractivity contribution in [3.05, 3.63) is 29.2 Å². The maximum atomic E-state index is 13.1. The standard InChI is InChI=1S/C11H9F3N4O/c12-11(13,14)9-7(2-1-3-19)5-16-10-8(4-15)6-17-18(9)10/h5-6,19H,1-3H2. The van der Waals surface area contributed by atoms with Crippen LogP contribution in [-0.4, -0.2) is 26.3 Å². The van der Waals surface area contributed by atoms with E-state index in [1.807, 2.05) is 0 Å². The number of hydrogen-bond donors (Lipinski definition) is 1. The summed E-state index contributed by atoms with van der Waals surface area (Å²) in [5.41, 5.74) is -1.14. The third kappa shape index (κ3) is 2.37. The van der Waals surface area contributed by atoms with Gasteiger partial charge in [-0.15, -0.1) is 0 Å². The van der Waals surface area contributed by atoms with Crippen LogP contribution < -0.4 is 0 Å². The highest BCUT2D eigenvalue weighted by atomic mass is 19.4. The largest absolute Gasteiger partial charge is 0.433 e. The van der Waals surface area contributed by atoms with E-state index >= 15 is 0 Å². The van der Waals surface area contributed by atoms with Gasteiger partial charge >= 0.3 is 6.18 Å². The molecule has 2 aromatic heterocycles. The van der Waals surface area contributed by atoms with Gasteiger partial charge in [-0.25, -0.2) is 9.50 Å². The van der Waals surface area contributed by atoms with Crippen molar-refractivity contribution in [2.24, 2.45) is 0 Å². The molecule has 100 valence electrons. The minimum absolute atomic E-state index is 0.0146. The lowest BCUT2D eigenvalue weighted by Gasteiger charge is -2.13. The van der Waals surface area contributed by atoms with Crippen LogP contribution in [0.4, 0.5) is 13.2 Å². The predicted octanol–water partition coefficient (Wildman–Crippen LogP) is 1.54. The number of aliphatic hydroxyl groups is 1. The van der Waals surface area contributed by atoms with Gasteiger partial charge in [-0.3, -0.25) is 0 Å². The molecule has 0 atom stereocenters. The van der Waals surface area contributed by atoms with Gasteiger partial charge in [0, 0.05) is 18.4 Å². The van der Waals surface area contributed by atoms with E-state index in [0.717, 1.165) is 12.4 Å². The van der Waals surface area contributed by atoms with E-state index in [1.54, 1.807) is 6.07 Å².